The van der Waals surface area contributed by atoms with Crippen molar-refractivity contribution < 1.29 is 19.1 Å². The number of aryl methyl sites for hydroxylation is 1. The monoisotopic (exact) mass is 449 g/mol. The van der Waals surface area contributed by atoms with Gasteiger partial charge >= 0.3 is 11.7 Å². The molecule has 0 saturated carbocycles. The van der Waals surface area contributed by atoms with Crippen molar-refractivity contribution in [3.05, 3.63) is 43.4 Å². The highest BCUT2D eigenvalue weighted by Crippen LogP contribution is 2.24. The summed E-state index contributed by atoms with van der Waals surface area (Å²) in [5.41, 5.74) is 5.83. The molecule has 2 heterocycles. The topological polar surface area (TPSA) is 153 Å². The number of carbonyl (C=O) groups excluding carboxylic acids is 2. The molecule has 32 heavy (non-hydrogen) atoms. The lowest BCUT2D eigenvalue weighted by molar-refractivity contribution is 0.0525. The molecule has 0 atom stereocenters. The van der Waals surface area contributed by atoms with Crippen LogP contribution in [0.5, 0.6) is 0 Å². The third kappa shape index (κ3) is 4.93. The van der Waals surface area contributed by atoms with Gasteiger partial charge in [0.15, 0.2) is 5.69 Å². The fourth-order valence-electron chi connectivity index (χ4n) is 3.49. The van der Waals surface area contributed by atoms with Gasteiger partial charge in [0.25, 0.3) is 11.5 Å². The number of nitrogens with zero attached hydrogens (tertiary/aromatic N) is 2. The van der Waals surface area contributed by atoms with Crippen LogP contribution in [-0.4, -0.2) is 53.3 Å². The van der Waals surface area contributed by atoms with Crippen molar-refractivity contribution in [1.82, 2.24) is 14.5 Å². The number of H-pyrrole nitrogens is 2. The van der Waals surface area contributed by atoms with Crippen LogP contribution in [0.3, 0.4) is 0 Å². The third-order valence-electron chi connectivity index (χ3n) is 4.93. The molecule has 0 aliphatic heterocycles. The Labute approximate surface area is 185 Å². The molecule has 1 amide bonds. The second-order valence-electron chi connectivity index (χ2n) is 7.79. The SMILES string of the molecule is CCOC(=O)c1c(C)[nH]c(C(=O)N(CCOC)c2c(N)n(CC(C)C)c(=O)[nH]c2=O)c1C. The molecule has 0 radical (unpaired) electrons. The van der Waals surface area contributed by atoms with Crippen LogP contribution < -0.4 is 21.9 Å². The number of anilines is 2. The molecular weight excluding hydrogens is 418 g/mol. The highest BCUT2D eigenvalue weighted by molar-refractivity contribution is 6.09. The van der Waals surface area contributed by atoms with E-state index in [1.807, 2.05) is 13.8 Å². The predicted molar refractivity (Wildman–Crippen MR) is 120 cm³/mol. The second-order valence-corrected chi connectivity index (χ2v) is 7.79. The largest absolute Gasteiger partial charge is 0.462 e. The Morgan fingerprint density at radius 2 is 1.84 bits per heavy atom. The molecule has 2 aromatic heterocycles. The van der Waals surface area contributed by atoms with Crippen LogP contribution in [0.1, 0.15) is 52.9 Å². The molecule has 176 valence electrons. The molecule has 2 aromatic rings. The van der Waals surface area contributed by atoms with Gasteiger partial charge in [-0.3, -0.25) is 24.0 Å². The van der Waals surface area contributed by atoms with E-state index in [0.29, 0.717) is 11.3 Å². The van der Waals surface area contributed by atoms with Crippen LogP contribution in [-0.2, 0) is 16.0 Å². The number of aromatic amines is 2. The number of nitrogen functional groups attached to an aromatic ring is 1. The van der Waals surface area contributed by atoms with Gasteiger partial charge in [-0.05, 0) is 32.3 Å². The molecule has 4 N–H and O–H groups in total. The van der Waals surface area contributed by atoms with Gasteiger partial charge < -0.3 is 20.2 Å². The van der Waals surface area contributed by atoms with Gasteiger partial charge in [-0.2, -0.15) is 0 Å². The van der Waals surface area contributed by atoms with E-state index in [2.05, 4.69) is 9.97 Å². The average Bonchev–Trinajstić information content (AvgIpc) is 3.01. The van der Waals surface area contributed by atoms with Crippen LogP contribution >= 0.6 is 0 Å². The lowest BCUT2D eigenvalue weighted by Crippen LogP contribution is -2.43. The molecule has 11 nitrogen and oxygen atoms in total. The van der Waals surface area contributed by atoms with E-state index in [-0.39, 0.29) is 55.0 Å². The minimum atomic E-state index is -0.788. The van der Waals surface area contributed by atoms with E-state index in [1.165, 1.54) is 11.7 Å². The van der Waals surface area contributed by atoms with Gasteiger partial charge in [0, 0.05) is 25.9 Å². The maximum absolute atomic E-state index is 13.5. The molecule has 0 aliphatic carbocycles. The van der Waals surface area contributed by atoms with Crippen molar-refractivity contribution in [1.29, 1.82) is 0 Å². The molecule has 0 bridgehead atoms. The first-order chi connectivity index (χ1) is 15.0. The lowest BCUT2D eigenvalue weighted by Gasteiger charge is -2.24. The summed E-state index contributed by atoms with van der Waals surface area (Å²) in [6.45, 7) is 9.30. The van der Waals surface area contributed by atoms with Gasteiger partial charge in [-0.15, -0.1) is 0 Å². The number of amides is 1. The number of carbonyl (C=O) groups is 2. The van der Waals surface area contributed by atoms with Gasteiger partial charge in [0.2, 0.25) is 0 Å². The summed E-state index contributed by atoms with van der Waals surface area (Å²) in [5.74, 6) is -1.20. The average molecular weight is 450 g/mol. The van der Waals surface area contributed by atoms with Crippen molar-refractivity contribution in [3.63, 3.8) is 0 Å². The number of hydrogen-bond donors (Lipinski definition) is 3. The van der Waals surface area contributed by atoms with Gasteiger partial charge in [0.1, 0.15) is 11.5 Å². The van der Waals surface area contributed by atoms with Crippen molar-refractivity contribution in [2.24, 2.45) is 5.92 Å². The Kier molecular flexibility index (Phi) is 8.03. The normalized spacial score (nSPS) is 11.1. The Bertz CT molecular complexity index is 1110. The Morgan fingerprint density at radius 3 is 2.41 bits per heavy atom. The number of ether oxygens (including phenoxy) is 2. The van der Waals surface area contributed by atoms with Crippen LogP contribution in [0, 0.1) is 19.8 Å². The lowest BCUT2D eigenvalue weighted by atomic mass is 10.1. The van der Waals surface area contributed by atoms with Gasteiger partial charge in [0.05, 0.1) is 18.8 Å². The number of rotatable bonds is 9. The molecule has 0 unspecified atom stereocenters. The maximum atomic E-state index is 13.5. The van der Waals surface area contributed by atoms with Crippen molar-refractivity contribution in [2.75, 3.05) is 37.5 Å². The van der Waals surface area contributed by atoms with E-state index in [1.54, 1.807) is 20.8 Å². The standard InChI is InChI=1S/C21H31N5O6/c1-7-32-20(29)14-12(4)15(23-13(14)5)19(28)25(8-9-31-6)16-17(22)26(10-11(2)3)21(30)24-18(16)27/h11,23H,7-10,22H2,1-6H3,(H,24,27,30). The molecule has 2 rings (SSSR count). The van der Waals surface area contributed by atoms with E-state index in [9.17, 15) is 19.2 Å². The Hall–Kier alpha value is -3.34. The molecule has 0 saturated heterocycles. The summed E-state index contributed by atoms with van der Waals surface area (Å²) in [6, 6.07) is 0. The molecular formula is C21H31N5O6. The predicted octanol–water partition coefficient (Wildman–Crippen LogP) is 1.19. The molecule has 11 heteroatoms. The first kappa shape index (κ1) is 24.9. The molecule has 0 aromatic carbocycles. The fourth-order valence-corrected chi connectivity index (χ4v) is 3.49. The van der Waals surface area contributed by atoms with Crippen LogP contribution in [0.4, 0.5) is 11.5 Å². The fraction of sp³-hybridized carbons (Fsp3) is 0.524. The summed E-state index contributed by atoms with van der Waals surface area (Å²) in [5, 5.41) is 0. The maximum Gasteiger partial charge on any atom is 0.340 e. The van der Waals surface area contributed by atoms with E-state index < -0.39 is 23.1 Å². The highest BCUT2D eigenvalue weighted by atomic mass is 16.5. The smallest absolute Gasteiger partial charge is 0.340 e. The number of hydrogen-bond acceptors (Lipinski definition) is 7. The molecule has 0 aliphatic rings. The minimum absolute atomic E-state index is 0.00522. The van der Waals surface area contributed by atoms with Crippen LogP contribution in [0.25, 0.3) is 0 Å². The first-order valence-corrected chi connectivity index (χ1v) is 10.3. The first-order valence-electron chi connectivity index (χ1n) is 10.3. The van der Waals surface area contributed by atoms with Crippen LogP contribution in [0.2, 0.25) is 0 Å². The zero-order chi connectivity index (χ0) is 24.2. The van der Waals surface area contributed by atoms with E-state index >= 15 is 0 Å². The second kappa shape index (κ2) is 10.3. The quantitative estimate of drug-likeness (QED) is 0.486. The molecule has 0 spiro atoms. The summed E-state index contributed by atoms with van der Waals surface area (Å²) in [4.78, 5) is 57.2. The van der Waals surface area contributed by atoms with Crippen LogP contribution in [0.15, 0.2) is 9.59 Å². The highest BCUT2D eigenvalue weighted by Gasteiger charge is 2.30. The van der Waals surface area contributed by atoms with E-state index in [4.69, 9.17) is 15.2 Å². The minimum Gasteiger partial charge on any atom is -0.462 e. The Balaban J connectivity index is 2.66. The van der Waals surface area contributed by atoms with Crippen molar-refractivity contribution in [2.45, 2.75) is 41.2 Å². The van der Waals surface area contributed by atoms with Crippen molar-refractivity contribution in [3.8, 4) is 0 Å². The molecule has 0 fully saturated rings. The third-order valence-corrected chi connectivity index (χ3v) is 4.93. The summed E-state index contributed by atoms with van der Waals surface area (Å²) < 4.78 is 11.4. The Morgan fingerprint density at radius 1 is 1.19 bits per heavy atom. The number of nitrogens with one attached hydrogen (secondary N) is 2. The van der Waals surface area contributed by atoms with Crippen molar-refractivity contribution >= 4 is 23.4 Å². The zero-order valence-corrected chi connectivity index (χ0v) is 19.3. The number of aromatic nitrogens is 3. The number of nitrogens with two attached hydrogens (primary N) is 1. The summed E-state index contributed by atoms with van der Waals surface area (Å²) >= 11 is 0. The zero-order valence-electron chi connectivity index (χ0n) is 19.3. The number of methoxy groups -OCH3 is 1. The summed E-state index contributed by atoms with van der Waals surface area (Å²) in [6.07, 6.45) is 0. The summed E-state index contributed by atoms with van der Waals surface area (Å²) in [7, 11) is 1.46. The van der Waals surface area contributed by atoms with Gasteiger partial charge in [-0.25, -0.2) is 9.59 Å². The van der Waals surface area contributed by atoms with E-state index in [0.717, 1.165) is 4.90 Å². The van der Waals surface area contributed by atoms with Gasteiger partial charge in [-0.1, -0.05) is 13.8 Å². The number of esters is 1.